The SMILES string of the molecule is CN(CCCN)S(=O)(=O)c1ccc(Cl)cc1. The van der Waals surface area contributed by atoms with E-state index in [9.17, 15) is 8.42 Å². The molecule has 0 radical (unpaired) electrons. The largest absolute Gasteiger partial charge is 0.330 e. The normalized spacial score (nSPS) is 12.0. The van der Waals surface area contributed by atoms with Crippen molar-refractivity contribution in [1.82, 2.24) is 4.31 Å². The van der Waals surface area contributed by atoms with Gasteiger partial charge in [-0.3, -0.25) is 0 Å². The molecule has 0 aliphatic rings. The highest BCUT2D eigenvalue weighted by Crippen LogP contribution is 2.17. The van der Waals surface area contributed by atoms with E-state index in [1.54, 1.807) is 19.2 Å². The summed E-state index contributed by atoms with van der Waals surface area (Å²) in [5.74, 6) is 0. The van der Waals surface area contributed by atoms with Gasteiger partial charge in [0.2, 0.25) is 10.0 Å². The van der Waals surface area contributed by atoms with Gasteiger partial charge in [-0.1, -0.05) is 11.6 Å². The molecule has 16 heavy (non-hydrogen) atoms. The minimum atomic E-state index is -3.41. The summed E-state index contributed by atoms with van der Waals surface area (Å²) in [5, 5.41) is 0.517. The first-order chi connectivity index (χ1) is 7.48. The highest BCUT2D eigenvalue weighted by Gasteiger charge is 2.19. The maximum atomic E-state index is 12.0. The first kappa shape index (κ1) is 13.4. The topological polar surface area (TPSA) is 63.4 Å². The molecule has 0 unspecified atom stereocenters. The van der Waals surface area contributed by atoms with E-state index in [1.165, 1.54) is 16.4 Å². The van der Waals surface area contributed by atoms with Crippen LogP contribution in [0.1, 0.15) is 6.42 Å². The quantitative estimate of drug-likeness (QED) is 0.870. The summed E-state index contributed by atoms with van der Waals surface area (Å²) in [7, 11) is -1.87. The van der Waals surface area contributed by atoms with Crippen molar-refractivity contribution in [1.29, 1.82) is 0 Å². The van der Waals surface area contributed by atoms with E-state index < -0.39 is 10.0 Å². The Morgan fingerprint density at radius 2 is 1.88 bits per heavy atom. The highest BCUT2D eigenvalue weighted by atomic mass is 35.5. The summed E-state index contributed by atoms with van der Waals surface area (Å²) in [5.41, 5.74) is 5.34. The van der Waals surface area contributed by atoms with E-state index in [0.717, 1.165) is 0 Å². The molecule has 0 amide bonds. The molecule has 0 saturated carbocycles. The van der Waals surface area contributed by atoms with Crippen LogP contribution in [0.4, 0.5) is 0 Å². The van der Waals surface area contributed by atoms with Crippen molar-refractivity contribution in [2.24, 2.45) is 5.73 Å². The molecule has 0 saturated heterocycles. The van der Waals surface area contributed by atoms with E-state index in [-0.39, 0.29) is 4.90 Å². The van der Waals surface area contributed by atoms with E-state index >= 15 is 0 Å². The maximum Gasteiger partial charge on any atom is 0.242 e. The van der Waals surface area contributed by atoms with Gasteiger partial charge in [-0.2, -0.15) is 0 Å². The fourth-order valence-corrected chi connectivity index (χ4v) is 2.56. The number of benzene rings is 1. The lowest BCUT2D eigenvalue weighted by atomic mass is 10.4. The molecule has 4 nitrogen and oxygen atoms in total. The third-order valence-corrected chi connectivity index (χ3v) is 4.32. The Morgan fingerprint density at radius 1 is 1.31 bits per heavy atom. The molecule has 0 aromatic heterocycles. The molecule has 90 valence electrons. The second-order valence-corrected chi connectivity index (χ2v) is 5.90. The summed E-state index contributed by atoms with van der Waals surface area (Å²) in [4.78, 5) is 0.247. The Bertz CT molecular complexity index is 431. The van der Waals surface area contributed by atoms with E-state index in [4.69, 9.17) is 17.3 Å². The summed E-state index contributed by atoms with van der Waals surface area (Å²) in [6.07, 6.45) is 0.642. The third kappa shape index (κ3) is 3.18. The highest BCUT2D eigenvalue weighted by molar-refractivity contribution is 7.89. The van der Waals surface area contributed by atoms with Gasteiger partial charge in [0.1, 0.15) is 0 Å². The van der Waals surface area contributed by atoms with Crippen LogP contribution in [0.2, 0.25) is 5.02 Å². The number of hydrogen-bond donors (Lipinski definition) is 1. The zero-order valence-electron chi connectivity index (χ0n) is 9.06. The van der Waals surface area contributed by atoms with Crippen molar-refractivity contribution in [3.05, 3.63) is 29.3 Å². The van der Waals surface area contributed by atoms with Crippen molar-refractivity contribution in [3.63, 3.8) is 0 Å². The van der Waals surface area contributed by atoms with Crippen molar-refractivity contribution < 1.29 is 8.42 Å². The van der Waals surface area contributed by atoms with Gasteiger partial charge in [0, 0.05) is 18.6 Å². The molecule has 0 aliphatic heterocycles. The number of hydrogen-bond acceptors (Lipinski definition) is 3. The van der Waals surface area contributed by atoms with Gasteiger partial charge in [0.25, 0.3) is 0 Å². The fraction of sp³-hybridized carbons (Fsp3) is 0.400. The molecule has 2 N–H and O–H groups in total. The molecule has 0 fully saturated rings. The van der Waals surface area contributed by atoms with Gasteiger partial charge >= 0.3 is 0 Å². The molecule has 0 spiro atoms. The molecule has 0 bridgehead atoms. The van der Waals surface area contributed by atoms with Gasteiger partial charge in [-0.15, -0.1) is 0 Å². The average Bonchev–Trinajstić information content (AvgIpc) is 2.26. The first-order valence-electron chi connectivity index (χ1n) is 4.90. The minimum Gasteiger partial charge on any atom is -0.330 e. The average molecular weight is 263 g/mol. The summed E-state index contributed by atoms with van der Waals surface area (Å²) in [6.45, 7) is 0.891. The van der Waals surface area contributed by atoms with Crippen LogP contribution in [0.25, 0.3) is 0 Å². The van der Waals surface area contributed by atoms with Gasteiger partial charge in [0.15, 0.2) is 0 Å². The van der Waals surface area contributed by atoms with Gasteiger partial charge in [0.05, 0.1) is 4.90 Å². The monoisotopic (exact) mass is 262 g/mol. The molecule has 1 aromatic rings. The minimum absolute atomic E-state index is 0.247. The van der Waals surface area contributed by atoms with Crippen LogP contribution in [0, 0.1) is 0 Å². The Labute approximate surface area is 101 Å². The van der Waals surface area contributed by atoms with Crippen LogP contribution in [0.3, 0.4) is 0 Å². The Balaban J connectivity index is 2.89. The van der Waals surface area contributed by atoms with Crippen molar-refractivity contribution in [2.45, 2.75) is 11.3 Å². The Hall–Kier alpha value is -0.620. The Morgan fingerprint density at radius 3 is 2.38 bits per heavy atom. The van der Waals surface area contributed by atoms with E-state index in [1.807, 2.05) is 0 Å². The number of nitrogens with two attached hydrogens (primary N) is 1. The smallest absolute Gasteiger partial charge is 0.242 e. The molecular weight excluding hydrogens is 248 g/mol. The summed E-state index contributed by atoms with van der Waals surface area (Å²) < 4.78 is 25.3. The third-order valence-electron chi connectivity index (χ3n) is 2.20. The zero-order chi connectivity index (χ0) is 12.2. The predicted octanol–water partition coefficient (Wildman–Crippen LogP) is 1.31. The molecule has 0 aliphatic carbocycles. The van der Waals surface area contributed by atoms with Crippen LogP contribution < -0.4 is 5.73 Å². The van der Waals surface area contributed by atoms with Crippen LogP contribution in [-0.4, -0.2) is 32.9 Å². The van der Waals surface area contributed by atoms with Gasteiger partial charge in [-0.25, -0.2) is 12.7 Å². The van der Waals surface area contributed by atoms with Gasteiger partial charge in [-0.05, 0) is 37.2 Å². The lowest BCUT2D eigenvalue weighted by Gasteiger charge is -2.16. The van der Waals surface area contributed by atoms with Crippen LogP contribution in [0.5, 0.6) is 0 Å². The van der Waals surface area contributed by atoms with Crippen LogP contribution in [0.15, 0.2) is 29.2 Å². The molecule has 0 heterocycles. The lowest BCUT2D eigenvalue weighted by molar-refractivity contribution is 0.464. The van der Waals surface area contributed by atoms with Crippen LogP contribution >= 0.6 is 11.6 Å². The molecule has 1 rings (SSSR count). The number of sulfonamides is 1. The number of rotatable bonds is 5. The molecule has 6 heteroatoms. The zero-order valence-corrected chi connectivity index (χ0v) is 10.6. The summed E-state index contributed by atoms with van der Waals surface area (Å²) in [6, 6.07) is 6.11. The van der Waals surface area contributed by atoms with E-state index in [2.05, 4.69) is 0 Å². The molecule has 0 atom stereocenters. The predicted molar refractivity (Wildman–Crippen MR) is 64.9 cm³/mol. The number of halogens is 1. The fourth-order valence-electron chi connectivity index (χ4n) is 1.22. The van der Waals surface area contributed by atoms with E-state index in [0.29, 0.717) is 24.5 Å². The van der Waals surface area contributed by atoms with Crippen molar-refractivity contribution >= 4 is 21.6 Å². The Kier molecular flexibility index (Phi) is 4.73. The summed E-state index contributed by atoms with van der Waals surface area (Å²) >= 11 is 5.70. The molecular formula is C10H15ClN2O2S. The second-order valence-electron chi connectivity index (χ2n) is 3.42. The molecule has 1 aromatic carbocycles. The maximum absolute atomic E-state index is 12.0. The van der Waals surface area contributed by atoms with Crippen LogP contribution in [-0.2, 0) is 10.0 Å². The second kappa shape index (κ2) is 5.63. The van der Waals surface area contributed by atoms with Crippen molar-refractivity contribution in [3.8, 4) is 0 Å². The van der Waals surface area contributed by atoms with Gasteiger partial charge < -0.3 is 5.73 Å². The lowest BCUT2D eigenvalue weighted by Crippen LogP contribution is -2.29. The number of nitrogens with zero attached hydrogens (tertiary/aromatic N) is 1. The first-order valence-corrected chi connectivity index (χ1v) is 6.72. The van der Waals surface area contributed by atoms with Crippen molar-refractivity contribution in [2.75, 3.05) is 20.1 Å². The standard InChI is InChI=1S/C10H15ClN2O2S/c1-13(8-2-7-12)16(14,15)10-5-3-9(11)4-6-10/h3-6H,2,7-8,12H2,1H3.